The first-order valence-electron chi connectivity index (χ1n) is 5.16. The van der Waals surface area contributed by atoms with E-state index in [-0.39, 0.29) is 12.3 Å². The second-order valence-corrected chi connectivity index (χ2v) is 6.55. The number of halogens is 1. The number of nitrogens with one attached hydrogen (secondary N) is 1. The summed E-state index contributed by atoms with van der Waals surface area (Å²) in [5.74, 6) is 4.31. The lowest BCUT2D eigenvalue weighted by Crippen LogP contribution is -2.43. The smallest absolute Gasteiger partial charge is 0.254 e. The van der Waals surface area contributed by atoms with Gasteiger partial charge in [0.2, 0.25) is 10.0 Å². The van der Waals surface area contributed by atoms with E-state index >= 15 is 0 Å². The van der Waals surface area contributed by atoms with Crippen LogP contribution in [0.15, 0.2) is 28.7 Å². The van der Waals surface area contributed by atoms with E-state index in [9.17, 15) is 13.2 Å². The number of carbonyl (C=O) groups is 1. The highest BCUT2D eigenvalue weighted by Gasteiger charge is 2.23. The predicted molar refractivity (Wildman–Crippen MR) is 73.3 cm³/mol. The van der Waals surface area contributed by atoms with Crippen LogP contribution in [0.3, 0.4) is 0 Å². The molecule has 0 unspecified atom stereocenters. The molecule has 0 aromatic heterocycles. The zero-order valence-corrected chi connectivity index (χ0v) is 12.2. The van der Waals surface area contributed by atoms with E-state index in [0.717, 1.165) is 8.78 Å². The van der Waals surface area contributed by atoms with Crippen LogP contribution in [-0.4, -0.2) is 26.6 Å². The van der Waals surface area contributed by atoms with Crippen LogP contribution in [0, 0.1) is 0 Å². The quantitative estimate of drug-likeness (QED) is 0.468. The fraction of sp³-hybridized carbons (Fsp3) is 0.300. The number of anilines is 1. The van der Waals surface area contributed by atoms with E-state index in [4.69, 9.17) is 5.84 Å². The van der Waals surface area contributed by atoms with Gasteiger partial charge in [-0.15, -0.1) is 0 Å². The second kappa shape index (κ2) is 6.17. The van der Waals surface area contributed by atoms with Gasteiger partial charge in [0, 0.05) is 4.47 Å². The third-order valence-corrected chi connectivity index (χ3v) is 4.48. The number of carbonyl (C=O) groups excluding carboxylic acids is 1. The SMILES string of the molecule is CCS(=O)(=O)N(CC(=O)NN)c1cccc(Br)c1. The number of hydrogen-bond donors (Lipinski definition) is 2. The van der Waals surface area contributed by atoms with E-state index in [0.29, 0.717) is 5.69 Å². The highest BCUT2D eigenvalue weighted by Crippen LogP contribution is 2.22. The molecule has 0 spiro atoms. The lowest BCUT2D eigenvalue weighted by Gasteiger charge is -2.23. The first kappa shape index (κ1) is 14.9. The summed E-state index contributed by atoms with van der Waals surface area (Å²) in [7, 11) is -3.54. The monoisotopic (exact) mass is 335 g/mol. The van der Waals surface area contributed by atoms with Crippen molar-refractivity contribution in [3.63, 3.8) is 0 Å². The van der Waals surface area contributed by atoms with E-state index in [1.165, 1.54) is 6.92 Å². The molecule has 0 atom stereocenters. The minimum atomic E-state index is -3.54. The number of hydrogen-bond acceptors (Lipinski definition) is 4. The first-order chi connectivity index (χ1) is 8.40. The Balaban J connectivity index is 3.17. The third kappa shape index (κ3) is 3.69. The highest BCUT2D eigenvalue weighted by atomic mass is 79.9. The molecule has 8 heteroatoms. The summed E-state index contributed by atoms with van der Waals surface area (Å²) in [6, 6.07) is 6.69. The van der Waals surface area contributed by atoms with Gasteiger partial charge in [-0.3, -0.25) is 14.5 Å². The highest BCUT2D eigenvalue weighted by molar-refractivity contribution is 9.10. The lowest BCUT2D eigenvalue weighted by molar-refractivity contribution is -0.119. The number of hydrazine groups is 1. The van der Waals surface area contributed by atoms with Gasteiger partial charge in [0.05, 0.1) is 11.4 Å². The van der Waals surface area contributed by atoms with Gasteiger partial charge in [0.1, 0.15) is 6.54 Å². The maximum Gasteiger partial charge on any atom is 0.254 e. The van der Waals surface area contributed by atoms with Crippen LogP contribution >= 0.6 is 15.9 Å². The Morgan fingerprint density at radius 2 is 2.17 bits per heavy atom. The minimum absolute atomic E-state index is 0.0998. The zero-order valence-electron chi connectivity index (χ0n) is 9.76. The third-order valence-electron chi connectivity index (χ3n) is 2.24. The summed E-state index contributed by atoms with van der Waals surface area (Å²) in [5.41, 5.74) is 2.33. The average molecular weight is 336 g/mol. The zero-order chi connectivity index (χ0) is 13.8. The average Bonchev–Trinajstić information content (AvgIpc) is 2.35. The minimum Gasteiger partial charge on any atom is -0.293 e. The molecule has 0 heterocycles. The number of nitrogens with zero attached hydrogens (tertiary/aromatic N) is 1. The number of rotatable bonds is 5. The van der Waals surface area contributed by atoms with Crippen LogP contribution in [0.5, 0.6) is 0 Å². The largest absolute Gasteiger partial charge is 0.293 e. The molecule has 6 nitrogen and oxygen atoms in total. The van der Waals surface area contributed by atoms with Crippen molar-refractivity contribution >= 4 is 37.5 Å². The van der Waals surface area contributed by atoms with Crippen molar-refractivity contribution in [2.24, 2.45) is 5.84 Å². The van der Waals surface area contributed by atoms with E-state index < -0.39 is 15.9 Å². The molecule has 0 saturated carbocycles. The maximum absolute atomic E-state index is 12.0. The summed E-state index contributed by atoms with van der Waals surface area (Å²) in [5, 5.41) is 0. The Morgan fingerprint density at radius 1 is 1.50 bits per heavy atom. The summed E-state index contributed by atoms with van der Waals surface area (Å²) in [6.45, 7) is 1.17. The van der Waals surface area contributed by atoms with Gasteiger partial charge in [-0.2, -0.15) is 0 Å². The first-order valence-corrected chi connectivity index (χ1v) is 7.56. The molecular formula is C10H14BrN3O3S. The molecule has 0 aliphatic heterocycles. The summed E-state index contributed by atoms with van der Waals surface area (Å²) >= 11 is 3.26. The van der Waals surface area contributed by atoms with Crippen LogP contribution in [0.1, 0.15) is 6.92 Å². The number of nitrogens with two attached hydrogens (primary N) is 1. The molecule has 0 saturated heterocycles. The van der Waals surface area contributed by atoms with Gasteiger partial charge < -0.3 is 0 Å². The van der Waals surface area contributed by atoms with Crippen molar-refractivity contribution in [2.75, 3.05) is 16.6 Å². The number of sulfonamides is 1. The van der Waals surface area contributed by atoms with Crippen molar-refractivity contribution < 1.29 is 13.2 Å². The molecule has 0 aliphatic rings. The van der Waals surface area contributed by atoms with Crippen molar-refractivity contribution in [3.05, 3.63) is 28.7 Å². The fourth-order valence-electron chi connectivity index (χ4n) is 1.31. The molecular weight excluding hydrogens is 322 g/mol. The molecule has 0 fully saturated rings. The molecule has 0 bridgehead atoms. The van der Waals surface area contributed by atoms with Crippen LogP contribution in [0.25, 0.3) is 0 Å². The van der Waals surface area contributed by atoms with Crippen molar-refractivity contribution in [3.8, 4) is 0 Å². The van der Waals surface area contributed by atoms with Crippen LogP contribution in [0.4, 0.5) is 5.69 Å². The Kier molecular flexibility index (Phi) is 5.12. The Bertz CT molecular complexity index is 533. The van der Waals surface area contributed by atoms with Gasteiger partial charge in [0.15, 0.2) is 0 Å². The molecule has 0 aliphatic carbocycles. The van der Waals surface area contributed by atoms with Crippen molar-refractivity contribution in [2.45, 2.75) is 6.92 Å². The Labute approximate surface area is 114 Å². The van der Waals surface area contributed by atoms with Crippen LogP contribution in [-0.2, 0) is 14.8 Å². The van der Waals surface area contributed by atoms with Gasteiger partial charge in [-0.1, -0.05) is 22.0 Å². The topological polar surface area (TPSA) is 92.5 Å². The maximum atomic E-state index is 12.0. The van der Waals surface area contributed by atoms with Gasteiger partial charge in [-0.05, 0) is 25.1 Å². The molecule has 18 heavy (non-hydrogen) atoms. The van der Waals surface area contributed by atoms with E-state index in [1.807, 2.05) is 5.43 Å². The summed E-state index contributed by atoms with van der Waals surface area (Å²) in [6.07, 6.45) is 0. The van der Waals surface area contributed by atoms with Gasteiger partial charge >= 0.3 is 0 Å². The molecule has 1 amide bonds. The van der Waals surface area contributed by atoms with E-state index in [1.54, 1.807) is 24.3 Å². The van der Waals surface area contributed by atoms with Crippen LogP contribution in [0.2, 0.25) is 0 Å². The van der Waals surface area contributed by atoms with Crippen LogP contribution < -0.4 is 15.6 Å². The van der Waals surface area contributed by atoms with Crippen molar-refractivity contribution in [1.82, 2.24) is 5.43 Å². The lowest BCUT2D eigenvalue weighted by atomic mass is 10.3. The van der Waals surface area contributed by atoms with E-state index in [2.05, 4.69) is 15.9 Å². The molecule has 3 N–H and O–H groups in total. The molecule has 1 aromatic rings. The Morgan fingerprint density at radius 3 is 2.67 bits per heavy atom. The Hall–Kier alpha value is -1.12. The number of amides is 1. The second-order valence-electron chi connectivity index (χ2n) is 3.45. The van der Waals surface area contributed by atoms with Crippen molar-refractivity contribution in [1.29, 1.82) is 0 Å². The summed E-state index contributed by atoms with van der Waals surface area (Å²) in [4.78, 5) is 11.3. The normalized spacial score (nSPS) is 11.1. The number of benzene rings is 1. The molecule has 100 valence electrons. The van der Waals surface area contributed by atoms with Gasteiger partial charge in [0.25, 0.3) is 5.91 Å². The fourth-order valence-corrected chi connectivity index (χ4v) is 2.76. The predicted octanol–water partition coefficient (Wildman–Crippen LogP) is 0.595. The summed E-state index contributed by atoms with van der Waals surface area (Å²) < 4.78 is 25.7. The van der Waals surface area contributed by atoms with Gasteiger partial charge in [-0.25, -0.2) is 14.3 Å². The molecule has 0 radical (unpaired) electrons. The molecule has 1 aromatic carbocycles. The molecule has 1 rings (SSSR count). The standard InChI is InChI=1S/C10H14BrN3O3S/c1-2-18(16,17)14(7-10(15)13-12)9-5-3-4-8(11)6-9/h3-6H,2,7,12H2,1H3,(H,13,15).